The molecule has 12 aromatic rings. The molecule has 12 aromatic carbocycles. The van der Waals surface area contributed by atoms with Crippen molar-refractivity contribution in [3.05, 3.63) is 376 Å². The minimum absolute atomic E-state index is 0.511. The van der Waals surface area contributed by atoms with Gasteiger partial charge in [-0.05, 0) is 137 Å². The van der Waals surface area contributed by atoms with Crippen LogP contribution in [0.1, 0.15) is 66.8 Å². The van der Waals surface area contributed by atoms with Crippen molar-refractivity contribution in [3.8, 4) is 33.4 Å². The molecule has 0 saturated heterocycles. The maximum atomic E-state index is 2.49. The lowest BCUT2D eigenvalue weighted by atomic mass is 9.67. The van der Waals surface area contributed by atoms with Crippen LogP contribution in [-0.2, 0) is 16.2 Å². The van der Waals surface area contributed by atoms with Gasteiger partial charge < -0.3 is 4.90 Å². The van der Waals surface area contributed by atoms with Crippen LogP contribution in [0.15, 0.2) is 309 Å². The zero-order chi connectivity index (χ0) is 50.3. The lowest BCUT2D eigenvalue weighted by Gasteiger charge is -2.36. The van der Waals surface area contributed by atoms with Gasteiger partial charge in [0.15, 0.2) is 0 Å². The fourth-order valence-corrected chi connectivity index (χ4v) is 14.2. The van der Waals surface area contributed by atoms with Gasteiger partial charge in [0.1, 0.15) is 0 Å². The number of hydrogen-bond acceptors (Lipinski definition) is 1. The number of hydrogen-bond donors (Lipinski definition) is 0. The molecule has 0 amide bonds. The Morgan fingerprint density at radius 1 is 0.171 bits per heavy atom. The summed E-state index contributed by atoms with van der Waals surface area (Å²) < 4.78 is 0. The highest BCUT2D eigenvalue weighted by Crippen LogP contribution is 2.60. The molecule has 0 unspecified atom stereocenters. The van der Waals surface area contributed by atoms with Gasteiger partial charge in [0.2, 0.25) is 0 Å². The smallest absolute Gasteiger partial charge is 0.0714 e. The van der Waals surface area contributed by atoms with Crippen molar-refractivity contribution in [2.24, 2.45) is 0 Å². The highest BCUT2D eigenvalue weighted by Gasteiger charge is 2.49. The number of rotatable bonds is 9. The van der Waals surface area contributed by atoms with E-state index in [0.717, 1.165) is 17.1 Å². The molecule has 0 spiro atoms. The predicted octanol–water partition coefficient (Wildman–Crippen LogP) is 18.2. The third-order valence-corrected chi connectivity index (χ3v) is 17.1. The number of fused-ring (bicyclic) bond motifs is 9. The molecule has 0 aliphatic heterocycles. The van der Waals surface area contributed by atoms with E-state index in [-0.39, 0.29) is 0 Å². The van der Waals surface area contributed by atoms with E-state index in [1.807, 2.05) is 0 Å². The van der Waals surface area contributed by atoms with Gasteiger partial charge in [0.05, 0.1) is 16.2 Å². The van der Waals surface area contributed by atoms with E-state index in [4.69, 9.17) is 0 Å². The number of benzene rings is 12. The fraction of sp³-hybridized carbons (Fsp3) is 0.0400. The Morgan fingerprint density at radius 2 is 0.395 bits per heavy atom. The molecule has 0 atom stereocenters. The van der Waals surface area contributed by atoms with Crippen molar-refractivity contribution in [1.29, 1.82) is 0 Å². The molecule has 0 N–H and O–H groups in total. The van der Waals surface area contributed by atoms with E-state index in [1.165, 1.54) is 100 Å². The monoisotopic (exact) mass is 965 g/mol. The van der Waals surface area contributed by atoms with Crippen LogP contribution in [0.3, 0.4) is 0 Å². The van der Waals surface area contributed by atoms with Gasteiger partial charge in [-0.15, -0.1) is 0 Å². The van der Waals surface area contributed by atoms with E-state index in [2.05, 4.69) is 314 Å². The highest BCUT2D eigenvalue weighted by atomic mass is 15.1. The van der Waals surface area contributed by atoms with Crippen molar-refractivity contribution < 1.29 is 0 Å². The van der Waals surface area contributed by atoms with E-state index >= 15 is 0 Å². The Labute approximate surface area is 445 Å². The minimum atomic E-state index is -0.555. The molecular formula is C75H51N. The van der Waals surface area contributed by atoms with Crippen LogP contribution < -0.4 is 4.90 Å². The molecule has 0 aromatic heterocycles. The van der Waals surface area contributed by atoms with Crippen molar-refractivity contribution in [2.75, 3.05) is 4.90 Å². The SMILES string of the molecule is c1ccc(C2(c3ccc(N(c4ccc(C5(c6ccccc6)c6ccccc6-c6ccccc65)cc4)c4ccc5c(c4)C(c4ccccc4)(c4ccccc4)c4ccccc4-5)cc3)c3ccccc3-c3ccccc32)cc1. The van der Waals surface area contributed by atoms with Gasteiger partial charge in [-0.25, -0.2) is 0 Å². The molecule has 0 radical (unpaired) electrons. The molecule has 1 nitrogen and oxygen atoms in total. The fourth-order valence-electron chi connectivity index (χ4n) is 14.2. The summed E-state index contributed by atoms with van der Waals surface area (Å²) in [5.74, 6) is 0. The zero-order valence-electron chi connectivity index (χ0n) is 41.9. The van der Waals surface area contributed by atoms with Crippen LogP contribution in [0.4, 0.5) is 17.1 Å². The van der Waals surface area contributed by atoms with E-state index in [0.29, 0.717) is 0 Å². The summed E-state index contributed by atoms with van der Waals surface area (Å²) in [5.41, 5.74) is 24.6. The third kappa shape index (κ3) is 6.09. The van der Waals surface area contributed by atoms with Gasteiger partial charge in [-0.2, -0.15) is 0 Å². The van der Waals surface area contributed by atoms with Gasteiger partial charge in [0, 0.05) is 17.1 Å². The lowest BCUT2D eigenvalue weighted by Crippen LogP contribution is -2.29. The summed E-state index contributed by atoms with van der Waals surface area (Å²) in [5, 5.41) is 0. The average Bonchev–Trinajstić information content (AvgIpc) is 4.10. The number of nitrogens with zero attached hydrogens (tertiary/aromatic N) is 1. The molecule has 0 saturated carbocycles. The Morgan fingerprint density at radius 3 is 0.697 bits per heavy atom. The van der Waals surface area contributed by atoms with Gasteiger partial charge >= 0.3 is 0 Å². The lowest BCUT2D eigenvalue weighted by molar-refractivity contribution is 0.767. The molecule has 3 aliphatic carbocycles. The van der Waals surface area contributed by atoms with Crippen molar-refractivity contribution >= 4 is 17.1 Å². The standard InChI is InChI=1S/C75H51N/c1-5-23-52(24-6-1)73(67-36-18-13-31-61(67)62-32-14-19-37-68(62)73)56-41-45-58(46-42-56)76(59-47-43-57(44-48-59)74(53-25-7-2-8-26-53)69-38-20-15-33-63(69)64-34-16-21-39-70(64)74)60-49-50-66-65-35-17-22-40-71(65)75(72(66)51-60,54-27-9-3-10-28-54)55-29-11-4-12-30-55/h1-51H. The second kappa shape index (κ2) is 17.3. The quantitative estimate of drug-likeness (QED) is 0.139. The first-order valence-corrected chi connectivity index (χ1v) is 26.6. The Balaban J connectivity index is 0.960. The van der Waals surface area contributed by atoms with E-state index in [1.54, 1.807) is 0 Å². The Hall–Kier alpha value is -9.56. The first kappa shape index (κ1) is 44.0. The van der Waals surface area contributed by atoms with Gasteiger partial charge in [-0.3, -0.25) is 0 Å². The van der Waals surface area contributed by atoms with Crippen molar-refractivity contribution in [1.82, 2.24) is 0 Å². The first-order valence-electron chi connectivity index (χ1n) is 26.6. The molecule has 3 aliphatic rings. The minimum Gasteiger partial charge on any atom is -0.310 e. The molecular weight excluding hydrogens is 915 g/mol. The normalized spacial score (nSPS) is 14.4. The Kier molecular flexibility index (Phi) is 9.99. The third-order valence-electron chi connectivity index (χ3n) is 17.1. The maximum absolute atomic E-state index is 2.49. The predicted molar refractivity (Wildman–Crippen MR) is 313 cm³/mol. The average molecular weight is 966 g/mol. The largest absolute Gasteiger partial charge is 0.310 e. The first-order chi connectivity index (χ1) is 37.7. The molecule has 76 heavy (non-hydrogen) atoms. The van der Waals surface area contributed by atoms with Crippen molar-refractivity contribution in [3.63, 3.8) is 0 Å². The second-order valence-electron chi connectivity index (χ2n) is 20.6. The molecule has 356 valence electrons. The number of anilines is 3. The van der Waals surface area contributed by atoms with Crippen LogP contribution >= 0.6 is 0 Å². The van der Waals surface area contributed by atoms with E-state index in [9.17, 15) is 0 Å². The van der Waals surface area contributed by atoms with Crippen LogP contribution in [-0.4, -0.2) is 0 Å². The summed E-state index contributed by atoms with van der Waals surface area (Å²) in [7, 11) is 0. The zero-order valence-corrected chi connectivity index (χ0v) is 41.9. The maximum Gasteiger partial charge on any atom is 0.0714 e. The van der Waals surface area contributed by atoms with Gasteiger partial charge in [-0.1, -0.05) is 273 Å². The summed E-state index contributed by atoms with van der Waals surface area (Å²) >= 11 is 0. The summed E-state index contributed by atoms with van der Waals surface area (Å²) in [4.78, 5) is 2.48. The van der Waals surface area contributed by atoms with Crippen LogP contribution in [0, 0.1) is 0 Å². The topological polar surface area (TPSA) is 3.24 Å². The summed E-state index contributed by atoms with van der Waals surface area (Å²) in [6, 6.07) is 116. The van der Waals surface area contributed by atoms with Crippen LogP contribution in [0.5, 0.6) is 0 Å². The van der Waals surface area contributed by atoms with Crippen LogP contribution in [0.2, 0.25) is 0 Å². The van der Waals surface area contributed by atoms with Crippen molar-refractivity contribution in [2.45, 2.75) is 16.2 Å². The molecule has 0 fully saturated rings. The molecule has 0 bridgehead atoms. The summed E-state index contributed by atoms with van der Waals surface area (Å²) in [6.45, 7) is 0. The van der Waals surface area contributed by atoms with Gasteiger partial charge in [0.25, 0.3) is 0 Å². The highest BCUT2D eigenvalue weighted by molar-refractivity contribution is 5.91. The second-order valence-corrected chi connectivity index (χ2v) is 20.6. The molecule has 1 heteroatoms. The van der Waals surface area contributed by atoms with Crippen LogP contribution in [0.25, 0.3) is 33.4 Å². The summed E-state index contributed by atoms with van der Waals surface area (Å²) in [6.07, 6.45) is 0. The van der Waals surface area contributed by atoms with E-state index < -0.39 is 16.2 Å². The molecule has 15 rings (SSSR count). The molecule has 0 heterocycles. The Bertz CT molecular complexity index is 3830.